The van der Waals surface area contributed by atoms with Crippen LogP contribution < -0.4 is 9.47 Å². The Morgan fingerprint density at radius 2 is 0.976 bits per heavy atom. The van der Waals surface area contributed by atoms with Crippen molar-refractivity contribution in [1.29, 1.82) is 0 Å². The van der Waals surface area contributed by atoms with Crippen molar-refractivity contribution in [2.45, 2.75) is 106 Å². The second-order valence-electron chi connectivity index (χ2n) is 11.9. The van der Waals surface area contributed by atoms with E-state index in [0.717, 1.165) is 51.4 Å². The number of ether oxygens (including phenoxy) is 2. The average molecular weight is 573 g/mol. The maximum atomic E-state index is 13.3. The summed E-state index contributed by atoms with van der Waals surface area (Å²) < 4.78 is 10.7. The summed E-state index contributed by atoms with van der Waals surface area (Å²) in [7, 11) is 3.04. The van der Waals surface area contributed by atoms with Gasteiger partial charge in [-0.15, -0.1) is 0 Å². The van der Waals surface area contributed by atoms with Gasteiger partial charge in [-0.05, 0) is 118 Å². The van der Waals surface area contributed by atoms with Crippen LogP contribution in [-0.2, 0) is 0 Å². The molecule has 4 heteroatoms. The second kappa shape index (κ2) is 17.5. The first-order valence-corrected chi connectivity index (χ1v) is 15.3. The van der Waals surface area contributed by atoms with Gasteiger partial charge in [0.1, 0.15) is 0 Å². The molecule has 0 atom stereocenters. The Labute approximate surface area is 255 Å². The zero-order valence-corrected chi connectivity index (χ0v) is 27.5. The van der Waals surface area contributed by atoms with Crippen molar-refractivity contribution in [3.8, 4) is 11.5 Å². The molecule has 0 saturated carbocycles. The lowest BCUT2D eigenvalue weighted by molar-refractivity contribution is 0.0972. The summed E-state index contributed by atoms with van der Waals surface area (Å²) in [5.41, 5.74) is 8.81. The first-order chi connectivity index (χ1) is 20.0. The molecule has 0 aliphatic heterocycles. The molecule has 0 aromatic heterocycles. The molecule has 0 amide bonds. The molecule has 1 aromatic carbocycles. The van der Waals surface area contributed by atoms with Crippen molar-refractivity contribution in [3.05, 3.63) is 92.7 Å². The molecule has 0 unspecified atom stereocenters. The largest absolute Gasteiger partial charge is 0.493 e. The molecule has 4 nitrogen and oxygen atoms in total. The van der Waals surface area contributed by atoms with Crippen molar-refractivity contribution >= 4 is 11.6 Å². The maximum absolute atomic E-state index is 13.3. The standard InChI is InChI=1S/C38H52O4/c1-26(2)14-10-15-27(3)16-11-17-28(4)18-12-19-29(5)20-13-21-30(6)22-23-32-31(7)37(39)33-24-35(41-8)36(42-9)25-34(33)38(32)40/h14,16,18,20,22,24-25H,10-13,15,17,19,21,23H2,1-9H3. The minimum absolute atomic E-state index is 0.114. The van der Waals surface area contributed by atoms with Crippen LogP contribution in [0, 0.1) is 0 Å². The van der Waals surface area contributed by atoms with Gasteiger partial charge in [-0.25, -0.2) is 0 Å². The summed E-state index contributed by atoms with van der Waals surface area (Å²) in [5.74, 6) is 0.653. The summed E-state index contributed by atoms with van der Waals surface area (Å²) in [6.45, 7) is 14.9. The third-order valence-corrected chi connectivity index (χ3v) is 7.92. The van der Waals surface area contributed by atoms with Crippen molar-refractivity contribution < 1.29 is 19.1 Å². The van der Waals surface area contributed by atoms with Crippen LogP contribution in [0.3, 0.4) is 0 Å². The van der Waals surface area contributed by atoms with Gasteiger partial charge in [0, 0.05) is 22.3 Å². The number of methoxy groups -OCH3 is 2. The number of ketones is 2. The molecule has 228 valence electrons. The molecule has 1 aliphatic carbocycles. The van der Waals surface area contributed by atoms with Crippen LogP contribution in [0.4, 0.5) is 0 Å². The van der Waals surface area contributed by atoms with Crippen molar-refractivity contribution in [2.24, 2.45) is 0 Å². The molecule has 0 radical (unpaired) electrons. The lowest BCUT2D eigenvalue weighted by Gasteiger charge is -2.20. The monoisotopic (exact) mass is 572 g/mol. The number of carbonyl (C=O) groups is 2. The van der Waals surface area contributed by atoms with Crippen LogP contribution in [0.2, 0.25) is 0 Å². The van der Waals surface area contributed by atoms with Crippen LogP contribution >= 0.6 is 0 Å². The van der Waals surface area contributed by atoms with Crippen LogP contribution in [-0.4, -0.2) is 25.8 Å². The third-order valence-electron chi connectivity index (χ3n) is 7.92. The topological polar surface area (TPSA) is 52.6 Å². The van der Waals surface area contributed by atoms with Gasteiger partial charge < -0.3 is 9.47 Å². The lowest BCUT2D eigenvalue weighted by Crippen LogP contribution is -2.21. The number of fused-ring (bicyclic) bond motifs is 1. The van der Waals surface area contributed by atoms with Gasteiger partial charge in [-0.2, -0.15) is 0 Å². The van der Waals surface area contributed by atoms with E-state index >= 15 is 0 Å². The number of hydrogen-bond donors (Lipinski definition) is 0. The first-order valence-electron chi connectivity index (χ1n) is 15.3. The average Bonchev–Trinajstić information content (AvgIpc) is 2.95. The first kappa shape index (κ1) is 34.8. The number of rotatable bonds is 16. The van der Waals surface area contributed by atoms with Gasteiger partial charge in [-0.3, -0.25) is 9.59 Å². The SMILES string of the molecule is COc1cc2c(cc1OC)C(=O)C(CC=C(C)CCC=C(C)CCC=C(C)CCC=C(C)CCC=C(C)C)=C(C)C2=O. The minimum atomic E-state index is -0.129. The number of benzene rings is 1. The van der Waals surface area contributed by atoms with Crippen LogP contribution in [0.15, 0.2) is 81.5 Å². The zero-order valence-electron chi connectivity index (χ0n) is 27.5. The molecule has 1 aliphatic rings. The van der Waals surface area contributed by atoms with E-state index in [1.807, 2.05) is 0 Å². The maximum Gasteiger partial charge on any atom is 0.190 e. The molecule has 2 rings (SSSR count). The van der Waals surface area contributed by atoms with E-state index in [2.05, 4.69) is 71.9 Å². The van der Waals surface area contributed by atoms with Gasteiger partial charge >= 0.3 is 0 Å². The van der Waals surface area contributed by atoms with Gasteiger partial charge in [0.2, 0.25) is 0 Å². The Morgan fingerprint density at radius 1 is 0.595 bits per heavy atom. The van der Waals surface area contributed by atoms with E-state index in [-0.39, 0.29) is 11.6 Å². The molecule has 0 spiro atoms. The fraction of sp³-hybridized carbons (Fsp3) is 0.474. The van der Waals surface area contributed by atoms with Gasteiger partial charge in [0.05, 0.1) is 14.2 Å². The van der Waals surface area contributed by atoms with E-state index in [0.29, 0.717) is 40.2 Å². The molecular formula is C38H52O4. The molecule has 1 aromatic rings. The summed E-state index contributed by atoms with van der Waals surface area (Å²) in [5, 5.41) is 0. The molecule has 0 saturated heterocycles. The Bertz CT molecular complexity index is 1310. The van der Waals surface area contributed by atoms with E-state index in [4.69, 9.17) is 9.47 Å². The second-order valence-corrected chi connectivity index (χ2v) is 11.9. The van der Waals surface area contributed by atoms with Crippen molar-refractivity contribution in [1.82, 2.24) is 0 Å². The fourth-order valence-electron chi connectivity index (χ4n) is 5.08. The Balaban J connectivity index is 1.84. The van der Waals surface area contributed by atoms with Gasteiger partial charge in [-0.1, -0.05) is 58.2 Å². The smallest absolute Gasteiger partial charge is 0.190 e. The van der Waals surface area contributed by atoms with Crippen molar-refractivity contribution in [3.63, 3.8) is 0 Å². The predicted molar refractivity (Wildman–Crippen MR) is 177 cm³/mol. The van der Waals surface area contributed by atoms with Gasteiger partial charge in [0.15, 0.2) is 23.1 Å². The van der Waals surface area contributed by atoms with Crippen LogP contribution in [0.1, 0.15) is 127 Å². The molecule has 0 bridgehead atoms. The molecular weight excluding hydrogens is 520 g/mol. The summed E-state index contributed by atoms with van der Waals surface area (Å²) in [6, 6.07) is 3.23. The summed E-state index contributed by atoms with van der Waals surface area (Å²) in [6.07, 6.45) is 20.6. The minimum Gasteiger partial charge on any atom is -0.493 e. The Kier molecular flexibility index (Phi) is 14.5. The van der Waals surface area contributed by atoms with Crippen LogP contribution in [0.5, 0.6) is 11.5 Å². The zero-order chi connectivity index (χ0) is 31.2. The van der Waals surface area contributed by atoms with Crippen LogP contribution in [0.25, 0.3) is 0 Å². The quantitative estimate of drug-likeness (QED) is 0.185. The number of hydrogen-bond acceptors (Lipinski definition) is 4. The van der Waals surface area contributed by atoms with Gasteiger partial charge in [0.25, 0.3) is 0 Å². The van der Waals surface area contributed by atoms with E-state index in [9.17, 15) is 9.59 Å². The molecule has 42 heavy (non-hydrogen) atoms. The third kappa shape index (κ3) is 10.8. The van der Waals surface area contributed by atoms with E-state index in [1.165, 1.54) is 42.1 Å². The summed E-state index contributed by atoms with van der Waals surface area (Å²) >= 11 is 0. The molecule has 0 N–H and O–H groups in total. The Hall–Kier alpha value is -3.40. The normalized spacial score (nSPS) is 14.8. The highest BCUT2D eigenvalue weighted by atomic mass is 16.5. The van der Waals surface area contributed by atoms with E-state index in [1.54, 1.807) is 19.1 Å². The lowest BCUT2D eigenvalue weighted by atomic mass is 9.82. The predicted octanol–water partition coefficient (Wildman–Crippen LogP) is 10.7. The highest BCUT2D eigenvalue weighted by molar-refractivity contribution is 6.27. The fourth-order valence-corrected chi connectivity index (χ4v) is 5.08. The van der Waals surface area contributed by atoms with Crippen molar-refractivity contribution in [2.75, 3.05) is 14.2 Å². The molecule has 0 fully saturated rings. The Morgan fingerprint density at radius 3 is 1.38 bits per heavy atom. The number of carbonyl (C=O) groups excluding carboxylic acids is 2. The summed E-state index contributed by atoms with van der Waals surface area (Å²) in [4.78, 5) is 26.3. The highest BCUT2D eigenvalue weighted by Crippen LogP contribution is 2.36. The van der Waals surface area contributed by atoms with E-state index < -0.39 is 0 Å². The number of allylic oxidation sites excluding steroid dienone is 12. The number of Topliss-reactive ketones (excluding diaryl/α,β-unsaturated/α-hetero) is 2. The molecule has 0 heterocycles. The highest BCUT2D eigenvalue weighted by Gasteiger charge is 2.31.